The molecular formula is C42H42O6. The van der Waals surface area contributed by atoms with Crippen LogP contribution < -0.4 is 0 Å². The molecule has 2 atom stereocenters. The summed E-state index contributed by atoms with van der Waals surface area (Å²) in [7, 11) is 0. The summed E-state index contributed by atoms with van der Waals surface area (Å²) in [6.45, 7) is 4.06. The number of phenolic OH excluding ortho intramolecular Hbond substituents is 6. The fraction of sp³-hybridized carbons (Fsp3) is 0.143. The lowest BCUT2D eigenvalue weighted by Crippen LogP contribution is -1.95. The molecule has 2 unspecified atom stereocenters. The van der Waals surface area contributed by atoms with Crippen molar-refractivity contribution in [2.45, 2.75) is 38.5 Å². The minimum absolute atomic E-state index is 0.0847. The van der Waals surface area contributed by atoms with Gasteiger partial charge in [0.25, 0.3) is 0 Å². The minimum atomic E-state index is 0.0847. The summed E-state index contributed by atoms with van der Waals surface area (Å²) in [5.74, 6) is 0.992. The molecule has 0 amide bonds. The number of phenols is 6. The van der Waals surface area contributed by atoms with Gasteiger partial charge in [-0.1, -0.05) is 123 Å². The van der Waals surface area contributed by atoms with E-state index in [0.717, 1.165) is 28.7 Å². The highest BCUT2D eigenvalue weighted by molar-refractivity contribution is 5.46. The van der Waals surface area contributed by atoms with Gasteiger partial charge in [-0.05, 0) is 53.8 Å². The average Bonchev–Trinajstić information content (AvgIpc) is 3.09. The van der Waals surface area contributed by atoms with E-state index >= 15 is 0 Å². The Labute approximate surface area is 282 Å². The fourth-order valence-electron chi connectivity index (χ4n) is 5.37. The molecule has 0 saturated carbocycles. The first-order valence-corrected chi connectivity index (χ1v) is 15.8. The lowest BCUT2D eigenvalue weighted by atomic mass is 9.92. The number of hydrogen-bond donors (Lipinski definition) is 6. The molecule has 0 bridgehead atoms. The zero-order valence-electron chi connectivity index (χ0n) is 27.1. The molecule has 0 aromatic heterocycles. The predicted molar refractivity (Wildman–Crippen MR) is 191 cm³/mol. The van der Waals surface area contributed by atoms with Gasteiger partial charge in [-0.3, -0.25) is 0 Å². The Kier molecular flexibility index (Phi) is 12.5. The van der Waals surface area contributed by atoms with Gasteiger partial charge in [-0.2, -0.15) is 0 Å². The predicted octanol–water partition coefficient (Wildman–Crippen LogP) is 9.38. The third kappa shape index (κ3) is 9.81. The molecule has 0 aliphatic heterocycles. The monoisotopic (exact) mass is 642 g/mol. The standard InChI is InChI=1S/3C14H14O2/c2*1-10(11-5-3-2-4-6-11)13-8-7-12(15)9-14(13)16;15-13-7-4-8-14(16)12(13)10-9-11-5-2-1-3-6-11/h2*2-10,15-16H,1H3;1-8,15-16H,9-10H2. The van der Waals surface area contributed by atoms with Gasteiger partial charge in [0.1, 0.15) is 34.5 Å². The summed E-state index contributed by atoms with van der Waals surface area (Å²) in [4.78, 5) is 0. The van der Waals surface area contributed by atoms with Crippen LogP contribution in [0.1, 0.15) is 59.1 Å². The van der Waals surface area contributed by atoms with Crippen LogP contribution in [-0.2, 0) is 12.8 Å². The van der Waals surface area contributed by atoms with Gasteiger partial charge >= 0.3 is 0 Å². The highest BCUT2D eigenvalue weighted by atomic mass is 16.3. The normalized spacial score (nSPS) is 11.6. The molecule has 0 aliphatic carbocycles. The highest BCUT2D eigenvalue weighted by Gasteiger charge is 2.13. The summed E-state index contributed by atoms with van der Waals surface area (Å²) >= 11 is 0. The van der Waals surface area contributed by atoms with Crippen molar-refractivity contribution in [2.75, 3.05) is 0 Å². The Morgan fingerprint density at radius 1 is 0.396 bits per heavy atom. The van der Waals surface area contributed by atoms with Gasteiger partial charge < -0.3 is 30.6 Å². The Morgan fingerprint density at radius 3 is 1.19 bits per heavy atom. The number of rotatable bonds is 7. The first kappa shape index (κ1) is 35.0. The van der Waals surface area contributed by atoms with Crippen LogP contribution in [0.2, 0.25) is 0 Å². The molecule has 6 N–H and O–H groups in total. The van der Waals surface area contributed by atoms with E-state index in [-0.39, 0.29) is 46.3 Å². The second kappa shape index (κ2) is 17.2. The summed E-state index contributed by atoms with van der Waals surface area (Å²) in [5, 5.41) is 57.2. The number of aryl methyl sites for hydroxylation is 1. The van der Waals surface area contributed by atoms with E-state index < -0.39 is 0 Å². The summed E-state index contributed by atoms with van der Waals surface area (Å²) in [6.07, 6.45) is 1.45. The van der Waals surface area contributed by atoms with E-state index in [1.807, 2.05) is 105 Å². The Hall–Kier alpha value is -5.88. The molecule has 0 saturated heterocycles. The lowest BCUT2D eigenvalue weighted by molar-refractivity contribution is 0.438. The van der Waals surface area contributed by atoms with E-state index in [1.54, 1.807) is 42.5 Å². The molecule has 6 aromatic rings. The lowest BCUT2D eigenvalue weighted by Gasteiger charge is -2.14. The maximum Gasteiger partial charge on any atom is 0.123 e. The maximum atomic E-state index is 9.76. The Bertz CT molecular complexity index is 1740. The van der Waals surface area contributed by atoms with Crippen molar-refractivity contribution in [2.24, 2.45) is 0 Å². The van der Waals surface area contributed by atoms with Crippen LogP contribution >= 0.6 is 0 Å². The zero-order valence-corrected chi connectivity index (χ0v) is 27.1. The van der Waals surface area contributed by atoms with Crippen LogP contribution in [0.25, 0.3) is 0 Å². The molecule has 0 fully saturated rings. The molecule has 246 valence electrons. The zero-order chi connectivity index (χ0) is 34.5. The molecular weight excluding hydrogens is 600 g/mol. The molecule has 0 heterocycles. The van der Waals surface area contributed by atoms with Crippen LogP contribution in [0.3, 0.4) is 0 Å². The fourth-order valence-corrected chi connectivity index (χ4v) is 5.37. The summed E-state index contributed by atoms with van der Waals surface area (Å²) in [6, 6.07) is 44.2. The molecule has 6 nitrogen and oxygen atoms in total. The van der Waals surface area contributed by atoms with Gasteiger partial charge in [0.15, 0.2) is 0 Å². The van der Waals surface area contributed by atoms with E-state index in [4.69, 9.17) is 0 Å². The Morgan fingerprint density at radius 2 is 0.792 bits per heavy atom. The first-order valence-electron chi connectivity index (χ1n) is 15.8. The van der Waals surface area contributed by atoms with Gasteiger partial charge in [-0.25, -0.2) is 0 Å². The van der Waals surface area contributed by atoms with Crippen LogP contribution in [0.4, 0.5) is 0 Å². The molecule has 0 aliphatic rings. The van der Waals surface area contributed by atoms with Crippen molar-refractivity contribution in [1.29, 1.82) is 0 Å². The van der Waals surface area contributed by atoms with Crippen LogP contribution in [0, 0.1) is 0 Å². The third-order valence-electron chi connectivity index (χ3n) is 8.19. The highest BCUT2D eigenvalue weighted by Crippen LogP contribution is 2.34. The maximum absolute atomic E-state index is 9.76. The van der Waals surface area contributed by atoms with Crippen molar-refractivity contribution < 1.29 is 30.6 Å². The molecule has 6 rings (SSSR count). The van der Waals surface area contributed by atoms with Crippen LogP contribution in [-0.4, -0.2) is 30.6 Å². The van der Waals surface area contributed by atoms with Gasteiger partial charge in [0, 0.05) is 40.7 Å². The van der Waals surface area contributed by atoms with Gasteiger partial charge in [0.2, 0.25) is 0 Å². The van der Waals surface area contributed by atoms with Crippen molar-refractivity contribution in [3.63, 3.8) is 0 Å². The molecule has 6 heteroatoms. The average molecular weight is 643 g/mol. The van der Waals surface area contributed by atoms with Crippen LogP contribution in [0.15, 0.2) is 146 Å². The van der Waals surface area contributed by atoms with Crippen LogP contribution in [0.5, 0.6) is 34.5 Å². The smallest absolute Gasteiger partial charge is 0.123 e. The molecule has 0 radical (unpaired) electrons. The van der Waals surface area contributed by atoms with E-state index in [9.17, 15) is 30.6 Å². The second-order valence-corrected chi connectivity index (χ2v) is 11.5. The number of benzene rings is 6. The van der Waals surface area contributed by atoms with E-state index in [0.29, 0.717) is 12.0 Å². The van der Waals surface area contributed by atoms with Crippen molar-refractivity contribution in [3.8, 4) is 34.5 Å². The Balaban J connectivity index is 0.000000163. The van der Waals surface area contributed by atoms with Crippen molar-refractivity contribution in [1.82, 2.24) is 0 Å². The third-order valence-corrected chi connectivity index (χ3v) is 8.19. The topological polar surface area (TPSA) is 121 Å². The largest absolute Gasteiger partial charge is 0.508 e. The SMILES string of the molecule is CC(c1ccccc1)c1ccc(O)cc1O.CC(c1ccccc1)c1ccc(O)cc1O.Oc1cccc(O)c1CCc1ccccc1. The van der Waals surface area contributed by atoms with Crippen molar-refractivity contribution >= 4 is 0 Å². The van der Waals surface area contributed by atoms with E-state index in [2.05, 4.69) is 0 Å². The number of hydrogen-bond acceptors (Lipinski definition) is 6. The number of aromatic hydroxyl groups is 6. The van der Waals surface area contributed by atoms with Gasteiger partial charge in [-0.15, -0.1) is 0 Å². The quantitative estimate of drug-likeness (QED) is 0.103. The molecule has 6 aromatic carbocycles. The summed E-state index contributed by atoms with van der Waals surface area (Å²) < 4.78 is 0. The van der Waals surface area contributed by atoms with Crippen molar-refractivity contribution in [3.05, 3.63) is 179 Å². The minimum Gasteiger partial charge on any atom is -0.508 e. The molecule has 0 spiro atoms. The van der Waals surface area contributed by atoms with E-state index in [1.165, 1.54) is 17.7 Å². The molecule has 48 heavy (non-hydrogen) atoms. The first-order chi connectivity index (χ1) is 23.1. The van der Waals surface area contributed by atoms with Gasteiger partial charge in [0.05, 0.1) is 0 Å². The second-order valence-electron chi connectivity index (χ2n) is 11.5. The summed E-state index contributed by atoms with van der Waals surface area (Å²) in [5.41, 5.74) is 5.75.